The normalized spacial score (nSPS) is 15.1. The van der Waals surface area contributed by atoms with E-state index in [0.29, 0.717) is 0 Å². The first-order chi connectivity index (χ1) is 8.93. The molecule has 2 heteroatoms. The van der Waals surface area contributed by atoms with Gasteiger partial charge >= 0.3 is 0 Å². The molecule has 0 spiro atoms. The number of pyridine rings is 1. The number of hydrogen-bond donors (Lipinski definition) is 1. The van der Waals surface area contributed by atoms with Gasteiger partial charge in [0.25, 0.3) is 0 Å². The van der Waals surface area contributed by atoms with Crippen LogP contribution < -0.4 is 5.32 Å². The highest BCUT2D eigenvalue weighted by Crippen LogP contribution is 2.19. The number of nitrogens with one attached hydrogen (secondary N) is 1. The standard InChI is InChI=1S/C16H20N2/c1(2-11-17-15-9-10-15)5-13-6-3-7-14-8-4-12-18-16(13)14/h3-4,6-8,12,15,17H,1-2,5,9-11H2. The second kappa shape index (κ2) is 5.49. The van der Waals surface area contributed by atoms with Crippen molar-refractivity contribution in [2.75, 3.05) is 6.54 Å². The van der Waals surface area contributed by atoms with Gasteiger partial charge in [-0.05, 0) is 50.3 Å². The number of hydrogen-bond acceptors (Lipinski definition) is 2. The molecule has 94 valence electrons. The van der Waals surface area contributed by atoms with E-state index >= 15 is 0 Å². The van der Waals surface area contributed by atoms with Crippen LogP contribution in [0.2, 0.25) is 0 Å². The molecule has 0 radical (unpaired) electrons. The van der Waals surface area contributed by atoms with Crippen LogP contribution in [0, 0.1) is 0 Å². The molecule has 2 aromatic rings. The lowest BCUT2D eigenvalue weighted by molar-refractivity contribution is 0.620. The summed E-state index contributed by atoms with van der Waals surface area (Å²) in [5, 5.41) is 4.82. The summed E-state index contributed by atoms with van der Waals surface area (Å²) in [6.45, 7) is 1.17. The Morgan fingerprint density at radius 2 is 2.00 bits per heavy atom. The Morgan fingerprint density at radius 3 is 2.89 bits per heavy atom. The van der Waals surface area contributed by atoms with Crippen molar-refractivity contribution in [1.29, 1.82) is 0 Å². The zero-order valence-corrected chi connectivity index (χ0v) is 10.7. The molecule has 1 fully saturated rings. The molecule has 1 aliphatic carbocycles. The van der Waals surface area contributed by atoms with Crippen molar-refractivity contribution in [3.05, 3.63) is 42.1 Å². The van der Waals surface area contributed by atoms with Gasteiger partial charge < -0.3 is 5.32 Å². The van der Waals surface area contributed by atoms with Crippen LogP contribution in [0.15, 0.2) is 36.5 Å². The van der Waals surface area contributed by atoms with Crippen LogP contribution in [0.25, 0.3) is 10.9 Å². The lowest BCUT2D eigenvalue weighted by atomic mass is 10.0. The van der Waals surface area contributed by atoms with Gasteiger partial charge in [0.1, 0.15) is 0 Å². The minimum Gasteiger partial charge on any atom is -0.314 e. The molecule has 1 aromatic heterocycles. The molecule has 0 saturated heterocycles. The second-order valence-electron chi connectivity index (χ2n) is 5.18. The number of unbranched alkanes of at least 4 members (excludes halogenated alkanes) is 1. The summed E-state index contributed by atoms with van der Waals surface area (Å²) >= 11 is 0. The Morgan fingerprint density at radius 1 is 1.11 bits per heavy atom. The summed E-state index contributed by atoms with van der Waals surface area (Å²) in [5.74, 6) is 0. The van der Waals surface area contributed by atoms with Crippen molar-refractivity contribution in [2.45, 2.75) is 38.1 Å². The highest BCUT2D eigenvalue weighted by atomic mass is 14.9. The van der Waals surface area contributed by atoms with Gasteiger partial charge in [0, 0.05) is 17.6 Å². The van der Waals surface area contributed by atoms with Crippen molar-refractivity contribution >= 4 is 10.9 Å². The first kappa shape index (κ1) is 11.7. The minimum absolute atomic E-state index is 0.837. The van der Waals surface area contributed by atoms with E-state index in [1.54, 1.807) is 0 Å². The molecule has 0 bridgehead atoms. The van der Waals surface area contributed by atoms with Gasteiger partial charge in [-0.25, -0.2) is 0 Å². The van der Waals surface area contributed by atoms with Gasteiger partial charge in [-0.1, -0.05) is 24.3 Å². The Kier molecular flexibility index (Phi) is 3.56. The third kappa shape index (κ3) is 2.88. The molecule has 1 N–H and O–H groups in total. The lowest BCUT2D eigenvalue weighted by Crippen LogP contribution is -2.17. The third-order valence-corrected chi connectivity index (χ3v) is 3.60. The molecule has 3 rings (SSSR count). The predicted molar refractivity (Wildman–Crippen MR) is 75.7 cm³/mol. The monoisotopic (exact) mass is 240 g/mol. The molecular weight excluding hydrogens is 220 g/mol. The minimum atomic E-state index is 0.837. The number of fused-ring (bicyclic) bond motifs is 1. The van der Waals surface area contributed by atoms with Gasteiger partial charge in [-0.3, -0.25) is 4.98 Å². The SMILES string of the molecule is c1cnc2c(CCCCNC3CC3)cccc2c1. The van der Waals surface area contributed by atoms with E-state index in [0.717, 1.165) is 12.5 Å². The summed E-state index contributed by atoms with van der Waals surface area (Å²) in [6, 6.07) is 11.5. The average Bonchev–Trinajstić information content (AvgIpc) is 3.23. The third-order valence-electron chi connectivity index (χ3n) is 3.60. The Hall–Kier alpha value is -1.41. The molecule has 0 atom stereocenters. The molecular formula is C16H20N2. The van der Waals surface area contributed by atoms with Crippen LogP contribution >= 0.6 is 0 Å². The molecule has 0 unspecified atom stereocenters. The number of aromatic nitrogens is 1. The maximum atomic E-state index is 4.50. The second-order valence-corrected chi connectivity index (χ2v) is 5.18. The van der Waals surface area contributed by atoms with E-state index in [9.17, 15) is 0 Å². The fourth-order valence-electron chi connectivity index (χ4n) is 2.40. The van der Waals surface area contributed by atoms with Gasteiger partial charge in [0.05, 0.1) is 5.52 Å². The number of benzene rings is 1. The van der Waals surface area contributed by atoms with E-state index in [1.807, 2.05) is 12.3 Å². The number of rotatable bonds is 6. The van der Waals surface area contributed by atoms with Crippen LogP contribution in [0.1, 0.15) is 31.2 Å². The van der Waals surface area contributed by atoms with Crippen molar-refractivity contribution in [3.63, 3.8) is 0 Å². The Bertz CT molecular complexity index is 512. The molecule has 1 aliphatic rings. The number of aryl methyl sites for hydroxylation is 1. The lowest BCUT2D eigenvalue weighted by Gasteiger charge is -2.06. The van der Waals surface area contributed by atoms with Gasteiger partial charge in [0.15, 0.2) is 0 Å². The Balaban J connectivity index is 1.56. The quantitative estimate of drug-likeness (QED) is 0.784. The first-order valence-electron chi connectivity index (χ1n) is 6.99. The fourth-order valence-corrected chi connectivity index (χ4v) is 2.40. The molecule has 18 heavy (non-hydrogen) atoms. The fraction of sp³-hybridized carbons (Fsp3) is 0.438. The zero-order valence-electron chi connectivity index (χ0n) is 10.7. The van der Waals surface area contributed by atoms with E-state index in [-0.39, 0.29) is 0 Å². The number of nitrogens with zero attached hydrogens (tertiary/aromatic N) is 1. The number of para-hydroxylation sites is 1. The smallest absolute Gasteiger partial charge is 0.0733 e. The molecule has 0 amide bonds. The van der Waals surface area contributed by atoms with Crippen molar-refractivity contribution in [3.8, 4) is 0 Å². The summed E-state index contributed by atoms with van der Waals surface area (Å²) in [4.78, 5) is 4.50. The summed E-state index contributed by atoms with van der Waals surface area (Å²) in [7, 11) is 0. The van der Waals surface area contributed by atoms with Crippen molar-refractivity contribution < 1.29 is 0 Å². The summed E-state index contributed by atoms with van der Waals surface area (Å²) in [5.41, 5.74) is 2.56. The van der Waals surface area contributed by atoms with E-state index in [4.69, 9.17) is 0 Å². The van der Waals surface area contributed by atoms with E-state index < -0.39 is 0 Å². The van der Waals surface area contributed by atoms with Gasteiger partial charge in [0.2, 0.25) is 0 Å². The maximum Gasteiger partial charge on any atom is 0.0733 e. The average molecular weight is 240 g/mol. The topological polar surface area (TPSA) is 24.9 Å². The first-order valence-corrected chi connectivity index (χ1v) is 6.99. The molecule has 1 saturated carbocycles. The summed E-state index contributed by atoms with van der Waals surface area (Å²) < 4.78 is 0. The molecule has 2 nitrogen and oxygen atoms in total. The van der Waals surface area contributed by atoms with E-state index in [1.165, 1.54) is 48.7 Å². The highest BCUT2D eigenvalue weighted by molar-refractivity contribution is 5.81. The Labute approximate surface area is 108 Å². The van der Waals surface area contributed by atoms with Crippen LogP contribution in [0.5, 0.6) is 0 Å². The maximum absolute atomic E-state index is 4.50. The van der Waals surface area contributed by atoms with Crippen LogP contribution in [0.3, 0.4) is 0 Å². The van der Waals surface area contributed by atoms with Crippen molar-refractivity contribution in [1.82, 2.24) is 10.3 Å². The predicted octanol–water partition coefficient (Wildman–Crippen LogP) is 3.31. The zero-order chi connectivity index (χ0) is 12.2. The van der Waals surface area contributed by atoms with Gasteiger partial charge in [-0.15, -0.1) is 0 Å². The van der Waals surface area contributed by atoms with Crippen LogP contribution in [-0.4, -0.2) is 17.6 Å². The molecule has 0 aliphatic heterocycles. The highest BCUT2D eigenvalue weighted by Gasteiger charge is 2.19. The van der Waals surface area contributed by atoms with Crippen molar-refractivity contribution in [2.24, 2.45) is 0 Å². The van der Waals surface area contributed by atoms with Crippen LogP contribution in [0.4, 0.5) is 0 Å². The molecule has 1 aromatic carbocycles. The largest absolute Gasteiger partial charge is 0.314 e. The molecule has 1 heterocycles. The van der Waals surface area contributed by atoms with Crippen LogP contribution in [-0.2, 0) is 6.42 Å². The van der Waals surface area contributed by atoms with E-state index in [2.05, 4.69) is 34.6 Å². The van der Waals surface area contributed by atoms with Gasteiger partial charge in [-0.2, -0.15) is 0 Å². The summed E-state index contributed by atoms with van der Waals surface area (Å²) in [6.07, 6.45) is 8.30.